The molecule has 1 aliphatic carbocycles. The van der Waals surface area contributed by atoms with E-state index in [4.69, 9.17) is 4.74 Å². The third-order valence-electron chi connectivity index (χ3n) is 5.96. The first-order valence-corrected chi connectivity index (χ1v) is 12.9. The van der Waals surface area contributed by atoms with E-state index < -0.39 is 28.3 Å². The van der Waals surface area contributed by atoms with E-state index in [0.717, 1.165) is 27.2 Å². The van der Waals surface area contributed by atoms with E-state index in [2.05, 4.69) is 10.1 Å². The molecule has 0 fully saturated rings. The highest BCUT2D eigenvalue weighted by Crippen LogP contribution is 2.35. The van der Waals surface area contributed by atoms with Crippen molar-refractivity contribution in [1.82, 2.24) is 9.13 Å². The summed E-state index contributed by atoms with van der Waals surface area (Å²) in [4.78, 5) is 28.2. The molecule has 0 saturated heterocycles. The van der Waals surface area contributed by atoms with E-state index in [-0.39, 0.29) is 67.4 Å². The quantitative estimate of drug-likeness (QED) is 0.251. The Morgan fingerprint density at radius 1 is 1.13 bits per heavy atom. The van der Waals surface area contributed by atoms with Gasteiger partial charge < -0.3 is 29.9 Å². The van der Waals surface area contributed by atoms with Crippen LogP contribution in [0.1, 0.15) is 12.8 Å². The second kappa shape index (κ2) is 11.8. The monoisotopic (exact) mass is 650 g/mol. The van der Waals surface area contributed by atoms with Crippen LogP contribution in [0.4, 0.5) is 24.7 Å². The summed E-state index contributed by atoms with van der Waals surface area (Å²) in [6, 6.07) is 5.56. The number of aliphatic hydroxyl groups is 2. The van der Waals surface area contributed by atoms with Gasteiger partial charge in [0.15, 0.2) is 0 Å². The molecule has 2 aromatic rings. The zero-order valence-corrected chi connectivity index (χ0v) is 22.2. The Morgan fingerprint density at radius 2 is 1.89 bits per heavy atom. The maximum absolute atomic E-state index is 13.6. The van der Waals surface area contributed by atoms with Gasteiger partial charge in [-0.05, 0) is 43.0 Å². The van der Waals surface area contributed by atoms with Gasteiger partial charge in [0.05, 0.1) is 35.7 Å². The third kappa shape index (κ3) is 6.35. The van der Waals surface area contributed by atoms with E-state index in [1.54, 1.807) is 11.0 Å². The van der Waals surface area contributed by atoms with Gasteiger partial charge in [0.25, 0.3) is 11.9 Å². The SMILES string of the molecule is O=c1c2c(n(CCO)c(=O)n1CCCO)NC(Oc1cccc(OC(F)(F)I)c1)N2CC1C=CC(F)=CC1. The van der Waals surface area contributed by atoms with Crippen LogP contribution in [0.5, 0.6) is 11.5 Å². The van der Waals surface area contributed by atoms with Crippen LogP contribution in [0.25, 0.3) is 0 Å². The number of halogens is 4. The van der Waals surface area contributed by atoms with Crippen LogP contribution in [0.3, 0.4) is 0 Å². The minimum absolute atomic E-state index is 0.0482. The zero-order valence-electron chi connectivity index (χ0n) is 20.0. The fourth-order valence-corrected chi connectivity index (χ4v) is 4.57. The summed E-state index contributed by atoms with van der Waals surface area (Å²) in [6.45, 7) is -0.625. The molecule has 2 aliphatic rings. The lowest BCUT2D eigenvalue weighted by atomic mass is 10.00. The zero-order chi connectivity index (χ0) is 27.4. The molecule has 3 N–H and O–H groups in total. The van der Waals surface area contributed by atoms with E-state index in [1.807, 2.05) is 0 Å². The highest BCUT2D eigenvalue weighted by atomic mass is 127. The van der Waals surface area contributed by atoms with Crippen LogP contribution >= 0.6 is 22.6 Å². The predicted molar refractivity (Wildman–Crippen MR) is 142 cm³/mol. The van der Waals surface area contributed by atoms with Gasteiger partial charge in [0, 0.05) is 25.8 Å². The molecule has 1 aliphatic heterocycles. The maximum atomic E-state index is 13.6. The molecule has 10 nitrogen and oxygen atoms in total. The van der Waals surface area contributed by atoms with E-state index in [0.29, 0.717) is 6.42 Å². The standard InChI is InChI=1S/C24H26F3IN4O6/c25-16-7-5-15(6-8-16)14-32-19-20(30(10-12-34)23(36)31(21(19)35)9-2-11-33)29-22(32)37-17-3-1-4-18(13-17)38-24(26,27)28/h1,3-5,7-8,13,15,22,29,33-34H,2,6,9-12,14H2. The van der Waals surface area contributed by atoms with Gasteiger partial charge >= 0.3 is 9.81 Å². The van der Waals surface area contributed by atoms with Crippen LogP contribution < -0.4 is 30.9 Å². The van der Waals surface area contributed by atoms with Crippen LogP contribution in [0.15, 0.2) is 57.9 Å². The fraction of sp³-hybridized carbons (Fsp3) is 0.417. The fourth-order valence-electron chi connectivity index (χ4n) is 4.32. The van der Waals surface area contributed by atoms with Crippen molar-refractivity contribution in [3.63, 3.8) is 0 Å². The molecule has 4 rings (SSSR count). The molecule has 2 unspecified atom stereocenters. The third-order valence-corrected chi connectivity index (χ3v) is 6.18. The molecular weight excluding hydrogens is 624 g/mol. The molecule has 0 spiro atoms. The van der Waals surface area contributed by atoms with Crippen molar-refractivity contribution in [2.24, 2.45) is 5.92 Å². The number of aromatic nitrogens is 2. The summed E-state index contributed by atoms with van der Waals surface area (Å²) in [7, 11) is 0. The van der Waals surface area contributed by atoms with E-state index >= 15 is 0 Å². The lowest BCUT2D eigenvalue weighted by molar-refractivity contribution is -0.0692. The molecule has 38 heavy (non-hydrogen) atoms. The van der Waals surface area contributed by atoms with Crippen LogP contribution in [0, 0.1) is 5.92 Å². The first-order chi connectivity index (χ1) is 18.1. The number of fused-ring (bicyclic) bond motifs is 1. The number of nitrogens with one attached hydrogen (secondary N) is 1. The summed E-state index contributed by atoms with van der Waals surface area (Å²) in [5.74, 6) is -0.485. The van der Waals surface area contributed by atoms with Gasteiger partial charge in [0.2, 0.25) is 0 Å². The minimum Gasteiger partial charge on any atom is -0.452 e. The van der Waals surface area contributed by atoms with Gasteiger partial charge in [0.1, 0.15) is 28.8 Å². The van der Waals surface area contributed by atoms with Crippen LogP contribution in [-0.4, -0.2) is 49.6 Å². The number of nitrogens with zero attached hydrogens (tertiary/aromatic N) is 3. The summed E-state index contributed by atoms with van der Waals surface area (Å²) < 4.78 is 49.7. The number of allylic oxidation sites excluding steroid dienone is 3. The van der Waals surface area contributed by atoms with Gasteiger partial charge in [-0.2, -0.15) is 8.78 Å². The Kier molecular flexibility index (Phi) is 8.72. The summed E-state index contributed by atoms with van der Waals surface area (Å²) >= 11 is 0.848. The number of rotatable bonds is 11. The Hall–Kier alpha value is -2.98. The largest absolute Gasteiger partial charge is 0.452 e. The topological polar surface area (TPSA) is 118 Å². The average Bonchev–Trinajstić information content (AvgIpc) is 3.20. The Morgan fingerprint density at radius 3 is 2.55 bits per heavy atom. The number of alkyl halides is 3. The lowest BCUT2D eigenvalue weighted by Crippen LogP contribution is -2.46. The Bertz CT molecular complexity index is 1340. The number of hydrogen-bond donors (Lipinski definition) is 3. The van der Waals surface area contributed by atoms with Crippen molar-refractivity contribution in [1.29, 1.82) is 0 Å². The van der Waals surface area contributed by atoms with Crippen LogP contribution in [-0.2, 0) is 13.1 Å². The molecule has 14 heteroatoms. The normalized spacial score (nSPS) is 18.7. The molecule has 0 bridgehead atoms. The van der Waals surface area contributed by atoms with Gasteiger partial charge in [-0.15, -0.1) is 0 Å². The number of aliphatic hydroxyl groups excluding tert-OH is 2. The molecule has 1 aromatic carbocycles. The van der Waals surface area contributed by atoms with Crippen molar-refractivity contribution in [3.05, 3.63) is 69.2 Å². The second-order valence-electron chi connectivity index (χ2n) is 8.62. The van der Waals surface area contributed by atoms with Gasteiger partial charge in [-0.3, -0.25) is 13.9 Å². The molecule has 0 radical (unpaired) electrons. The molecule has 0 saturated carbocycles. The van der Waals surface area contributed by atoms with Crippen LogP contribution in [0.2, 0.25) is 0 Å². The molecule has 0 amide bonds. The summed E-state index contributed by atoms with van der Waals surface area (Å²) in [5, 5.41) is 21.9. The molecule has 1 aromatic heterocycles. The smallest absolute Gasteiger partial charge is 0.451 e. The van der Waals surface area contributed by atoms with Crippen molar-refractivity contribution >= 4 is 34.1 Å². The number of ether oxygens (including phenoxy) is 2. The minimum atomic E-state index is -3.44. The first-order valence-electron chi connectivity index (χ1n) is 11.8. The van der Waals surface area contributed by atoms with Crippen molar-refractivity contribution in [3.8, 4) is 11.5 Å². The first kappa shape index (κ1) is 28.0. The molecule has 2 heterocycles. The molecule has 206 valence electrons. The van der Waals surface area contributed by atoms with Gasteiger partial charge in [-0.25, -0.2) is 9.18 Å². The highest BCUT2D eigenvalue weighted by Gasteiger charge is 2.38. The molecule has 2 atom stereocenters. The predicted octanol–water partition coefficient (Wildman–Crippen LogP) is 2.77. The summed E-state index contributed by atoms with van der Waals surface area (Å²) in [5.41, 5.74) is -1.21. The average molecular weight is 650 g/mol. The second-order valence-corrected chi connectivity index (χ2v) is 9.88. The number of benzene rings is 1. The highest BCUT2D eigenvalue weighted by molar-refractivity contribution is 14.1. The number of anilines is 2. The van der Waals surface area contributed by atoms with Crippen molar-refractivity contribution in [2.75, 3.05) is 30.0 Å². The molecular formula is C24H26F3IN4O6. The van der Waals surface area contributed by atoms with Crippen molar-refractivity contribution in [2.45, 2.75) is 36.4 Å². The van der Waals surface area contributed by atoms with Gasteiger partial charge in [-0.1, -0.05) is 12.1 Å². The Balaban J connectivity index is 1.75. The van der Waals surface area contributed by atoms with E-state index in [1.165, 1.54) is 41.0 Å². The van der Waals surface area contributed by atoms with Crippen molar-refractivity contribution < 1.29 is 32.9 Å². The lowest BCUT2D eigenvalue weighted by Gasteiger charge is -2.29. The Labute approximate surface area is 228 Å². The maximum Gasteiger partial charge on any atom is 0.451 e. The summed E-state index contributed by atoms with van der Waals surface area (Å²) in [6.07, 6.45) is 3.85. The van der Waals surface area contributed by atoms with E-state index in [9.17, 15) is 33.0 Å². The number of hydrogen-bond acceptors (Lipinski definition) is 8.